The average Bonchev–Trinajstić information content (AvgIpc) is 2.74. The van der Waals surface area contributed by atoms with Crippen molar-refractivity contribution in [1.29, 1.82) is 0 Å². The minimum Gasteiger partial charge on any atom is -0.392 e. The molecule has 0 aliphatic carbocycles. The largest absolute Gasteiger partial charge is 0.392 e. The van der Waals surface area contributed by atoms with E-state index in [2.05, 4.69) is 9.71 Å². The summed E-state index contributed by atoms with van der Waals surface area (Å²) < 4.78 is 26.7. The van der Waals surface area contributed by atoms with Crippen LogP contribution in [0.15, 0.2) is 34.5 Å². The van der Waals surface area contributed by atoms with Gasteiger partial charge in [0.15, 0.2) is 5.13 Å². The lowest BCUT2D eigenvalue weighted by molar-refractivity contribution is 0.278. The first-order valence-corrected chi connectivity index (χ1v) is 7.53. The Morgan fingerprint density at radius 1 is 1.39 bits per heavy atom. The van der Waals surface area contributed by atoms with Crippen LogP contribution in [0.5, 0.6) is 0 Å². The van der Waals surface area contributed by atoms with E-state index in [4.69, 9.17) is 5.11 Å². The van der Waals surface area contributed by atoms with Gasteiger partial charge in [-0.3, -0.25) is 4.72 Å². The van der Waals surface area contributed by atoms with E-state index in [0.717, 1.165) is 5.69 Å². The summed E-state index contributed by atoms with van der Waals surface area (Å²) in [7, 11) is -3.70. The van der Waals surface area contributed by atoms with Gasteiger partial charge in [-0.05, 0) is 18.6 Å². The van der Waals surface area contributed by atoms with Gasteiger partial charge in [0.2, 0.25) is 0 Å². The second-order valence-electron chi connectivity index (χ2n) is 3.67. The maximum atomic E-state index is 12.1. The van der Waals surface area contributed by atoms with Gasteiger partial charge in [-0.1, -0.05) is 18.2 Å². The van der Waals surface area contributed by atoms with Gasteiger partial charge in [0.1, 0.15) is 0 Å². The molecule has 0 fully saturated rings. The van der Waals surface area contributed by atoms with E-state index in [0.29, 0.717) is 10.7 Å². The third-order valence-electron chi connectivity index (χ3n) is 2.27. The third kappa shape index (κ3) is 2.69. The Morgan fingerprint density at radius 3 is 2.72 bits per heavy atom. The van der Waals surface area contributed by atoms with E-state index in [9.17, 15) is 8.42 Å². The molecular formula is C11H12N2O3S2. The van der Waals surface area contributed by atoms with E-state index in [1.807, 2.05) is 0 Å². The molecule has 2 rings (SSSR count). The van der Waals surface area contributed by atoms with Crippen LogP contribution >= 0.6 is 11.3 Å². The summed E-state index contributed by atoms with van der Waals surface area (Å²) in [5.41, 5.74) is 1.12. The van der Waals surface area contributed by atoms with Gasteiger partial charge in [0.25, 0.3) is 10.0 Å². The Labute approximate surface area is 109 Å². The zero-order valence-corrected chi connectivity index (χ0v) is 11.3. The van der Waals surface area contributed by atoms with Crippen molar-refractivity contribution < 1.29 is 13.5 Å². The Bertz CT molecular complexity index is 650. The van der Waals surface area contributed by atoms with Gasteiger partial charge >= 0.3 is 0 Å². The molecule has 0 aliphatic heterocycles. The first-order valence-electron chi connectivity index (χ1n) is 5.16. The Balaban J connectivity index is 2.36. The van der Waals surface area contributed by atoms with Crippen molar-refractivity contribution in [2.45, 2.75) is 18.4 Å². The maximum absolute atomic E-state index is 12.1. The highest BCUT2D eigenvalue weighted by molar-refractivity contribution is 7.93. The number of sulfonamides is 1. The molecule has 0 unspecified atom stereocenters. The molecule has 2 aromatic rings. The highest BCUT2D eigenvalue weighted by Gasteiger charge is 2.18. The number of anilines is 1. The lowest BCUT2D eigenvalue weighted by atomic mass is 10.2. The summed E-state index contributed by atoms with van der Waals surface area (Å²) in [6.07, 6.45) is 0. The van der Waals surface area contributed by atoms with Crippen molar-refractivity contribution in [3.63, 3.8) is 0 Å². The minimum atomic E-state index is -3.70. The average molecular weight is 284 g/mol. The second-order valence-corrected chi connectivity index (χ2v) is 6.17. The van der Waals surface area contributed by atoms with Gasteiger partial charge in [-0.2, -0.15) is 0 Å². The molecule has 0 atom stereocenters. The van der Waals surface area contributed by atoms with E-state index in [1.165, 1.54) is 17.4 Å². The van der Waals surface area contributed by atoms with Gasteiger partial charge in [0.05, 0.1) is 17.2 Å². The molecule has 0 aliphatic rings. The third-order valence-corrected chi connectivity index (χ3v) is 4.72. The summed E-state index contributed by atoms with van der Waals surface area (Å²) in [5.74, 6) is 0. The molecule has 0 radical (unpaired) electrons. The van der Waals surface area contributed by atoms with Crippen molar-refractivity contribution in [2.75, 3.05) is 4.72 Å². The molecular weight excluding hydrogens is 272 g/mol. The van der Waals surface area contributed by atoms with Crippen molar-refractivity contribution >= 4 is 26.5 Å². The van der Waals surface area contributed by atoms with Crippen LogP contribution in [0.2, 0.25) is 0 Å². The minimum absolute atomic E-state index is 0.0698. The monoisotopic (exact) mass is 284 g/mol. The Kier molecular flexibility index (Phi) is 3.65. The number of aliphatic hydroxyl groups excluding tert-OH is 1. The summed E-state index contributed by atoms with van der Waals surface area (Å²) in [6, 6.07) is 6.31. The number of thiazole rings is 1. The molecule has 1 aromatic carbocycles. The smallest absolute Gasteiger partial charge is 0.264 e. The lowest BCUT2D eigenvalue weighted by Crippen LogP contribution is -2.14. The summed E-state index contributed by atoms with van der Waals surface area (Å²) in [4.78, 5) is 4.11. The SMILES string of the molecule is Cc1csc(NS(=O)(=O)c2ccccc2CO)n1. The molecule has 0 saturated carbocycles. The van der Waals surface area contributed by atoms with Crippen molar-refractivity contribution in [3.8, 4) is 0 Å². The summed E-state index contributed by atoms with van der Waals surface area (Å²) >= 11 is 1.22. The first kappa shape index (κ1) is 13.0. The van der Waals surface area contributed by atoms with E-state index < -0.39 is 10.0 Å². The molecule has 1 aromatic heterocycles. The van der Waals surface area contributed by atoms with Gasteiger partial charge < -0.3 is 5.11 Å². The van der Waals surface area contributed by atoms with Crippen LogP contribution in [0.3, 0.4) is 0 Å². The first-order chi connectivity index (χ1) is 8.53. The number of rotatable bonds is 4. The molecule has 0 amide bonds. The normalized spacial score (nSPS) is 11.4. The molecule has 0 spiro atoms. The van der Waals surface area contributed by atoms with E-state index >= 15 is 0 Å². The second kappa shape index (κ2) is 5.05. The molecule has 0 bridgehead atoms. The number of nitrogens with one attached hydrogen (secondary N) is 1. The van der Waals surface area contributed by atoms with Crippen LogP contribution in [0, 0.1) is 6.92 Å². The Morgan fingerprint density at radius 2 is 2.11 bits per heavy atom. The molecule has 2 N–H and O–H groups in total. The van der Waals surface area contributed by atoms with Crippen molar-refractivity contribution in [2.24, 2.45) is 0 Å². The van der Waals surface area contributed by atoms with Crippen LogP contribution in [0.1, 0.15) is 11.3 Å². The quantitative estimate of drug-likeness (QED) is 0.896. The van der Waals surface area contributed by atoms with Crippen LogP contribution in [-0.4, -0.2) is 18.5 Å². The van der Waals surface area contributed by atoms with Gasteiger partial charge in [-0.25, -0.2) is 13.4 Å². The highest BCUT2D eigenvalue weighted by Crippen LogP contribution is 2.22. The predicted octanol–water partition coefficient (Wildman–Crippen LogP) is 1.74. The topological polar surface area (TPSA) is 79.3 Å². The number of nitrogens with zero attached hydrogens (tertiary/aromatic N) is 1. The zero-order valence-electron chi connectivity index (χ0n) is 9.62. The maximum Gasteiger partial charge on any atom is 0.264 e. The van der Waals surface area contributed by atoms with E-state index in [1.54, 1.807) is 30.5 Å². The van der Waals surface area contributed by atoms with Gasteiger partial charge in [-0.15, -0.1) is 11.3 Å². The number of benzene rings is 1. The molecule has 5 nitrogen and oxygen atoms in total. The molecule has 96 valence electrons. The van der Waals surface area contributed by atoms with Gasteiger partial charge in [0, 0.05) is 5.38 Å². The van der Waals surface area contributed by atoms with Crippen LogP contribution in [0.4, 0.5) is 5.13 Å². The van der Waals surface area contributed by atoms with Crippen molar-refractivity contribution in [3.05, 3.63) is 40.9 Å². The molecule has 18 heavy (non-hydrogen) atoms. The number of hydrogen-bond acceptors (Lipinski definition) is 5. The number of aromatic nitrogens is 1. The molecule has 0 saturated heterocycles. The fourth-order valence-electron chi connectivity index (χ4n) is 1.47. The van der Waals surface area contributed by atoms with Crippen LogP contribution in [0.25, 0.3) is 0 Å². The fourth-order valence-corrected chi connectivity index (χ4v) is 3.64. The number of aliphatic hydroxyl groups is 1. The number of aryl methyl sites for hydroxylation is 1. The summed E-state index contributed by atoms with van der Waals surface area (Å²) in [5, 5.41) is 11.2. The molecule has 1 heterocycles. The molecule has 7 heteroatoms. The standard InChI is InChI=1S/C11H12N2O3S2/c1-8-7-17-11(12-8)13-18(15,16)10-5-3-2-4-9(10)6-14/h2-5,7,14H,6H2,1H3,(H,12,13). The highest BCUT2D eigenvalue weighted by atomic mass is 32.2. The Hall–Kier alpha value is -1.44. The number of hydrogen-bond donors (Lipinski definition) is 2. The van der Waals surface area contributed by atoms with Crippen LogP contribution in [-0.2, 0) is 16.6 Å². The zero-order chi connectivity index (χ0) is 13.2. The van der Waals surface area contributed by atoms with Crippen LogP contribution < -0.4 is 4.72 Å². The summed E-state index contributed by atoms with van der Waals surface area (Å²) in [6.45, 7) is 1.46. The predicted molar refractivity (Wildman–Crippen MR) is 70.0 cm³/mol. The fraction of sp³-hybridized carbons (Fsp3) is 0.182. The van der Waals surface area contributed by atoms with E-state index in [-0.39, 0.29) is 11.5 Å². The lowest BCUT2D eigenvalue weighted by Gasteiger charge is -2.08. The van der Waals surface area contributed by atoms with Crippen molar-refractivity contribution in [1.82, 2.24) is 4.98 Å².